The zero-order valence-corrected chi connectivity index (χ0v) is 19.4. The summed E-state index contributed by atoms with van der Waals surface area (Å²) in [6.45, 7) is 10.2. The first-order valence-corrected chi connectivity index (χ1v) is 11.0. The smallest absolute Gasteiger partial charge is 0.407 e. The third-order valence-corrected chi connectivity index (χ3v) is 5.85. The maximum atomic E-state index is 11.9. The largest absolute Gasteiger partial charge is 0.487 e. The van der Waals surface area contributed by atoms with Crippen LogP contribution < -0.4 is 10.1 Å². The van der Waals surface area contributed by atoms with E-state index in [2.05, 4.69) is 25.2 Å². The van der Waals surface area contributed by atoms with E-state index in [0.29, 0.717) is 13.0 Å². The van der Waals surface area contributed by atoms with Gasteiger partial charge in [0.15, 0.2) is 0 Å². The molecule has 7 nitrogen and oxygen atoms in total. The van der Waals surface area contributed by atoms with Crippen LogP contribution in [0, 0.1) is 5.92 Å². The lowest BCUT2D eigenvalue weighted by atomic mass is 9.74. The lowest BCUT2D eigenvalue weighted by Crippen LogP contribution is -2.48. The number of alkyl carbamates (subject to hydrolysis) is 1. The van der Waals surface area contributed by atoms with Gasteiger partial charge < -0.3 is 24.3 Å². The highest BCUT2D eigenvalue weighted by atomic mass is 16.6. The second-order valence-corrected chi connectivity index (χ2v) is 9.90. The van der Waals surface area contributed by atoms with Crippen molar-refractivity contribution in [2.75, 3.05) is 13.7 Å². The maximum Gasteiger partial charge on any atom is 0.407 e. The number of esters is 1. The molecule has 0 aliphatic carbocycles. The van der Waals surface area contributed by atoms with Crippen molar-refractivity contribution in [1.82, 2.24) is 5.32 Å². The van der Waals surface area contributed by atoms with E-state index in [0.717, 1.165) is 29.7 Å². The van der Waals surface area contributed by atoms with Crippen LogP contribution in [0.2, 0.25) is 0 Å². The van der Waals surface area contributed by atoms with Crippen molar-refractivity contribution in [2.24, 2.45) is 5.92 Å². The molecule has 0 bridgehead atoms. The quantitative estimate of drug-likeness (QED) is 0.696. The summed E-state index contributed by atoms with van der Waals surface area (Å²) in [6.07, 6.45) is 1.93. The fourth-order valence-electron chi connectivity index (χ4n) is 4.36. The number of benzene rings is 1. The number of amides is 1. The maximum absolute atomic E-state index is 11.9. The Labute approximate surface area is 184 Å². The number of hydrogen-bond donors (Lipinski definition) is 1. The van der Waals surface area contributed by atoms with E-state index in [9.17, 15) is 9.59 Å². The molecule has 31 heavy (non-hydrogen) atoms. The molecule has 1 aromatic carbocycles. The Balaban J connectivity index is 1.71. The average Bonchev–Trinajstić information content (AvgIpc) is 2.66. The predicted molar refractivity (Wildman–Crippen MR) is 116 cm³/mol. The summed E-state index contributed by atoms with van der Waals surface area (Å²) in [4.78, 5) is 23.6. The summed E-state index contributed by atoms with van der Waals surface area (Å²) in [6, 6.07) is 6.09. The molecule has 0 aromatic heterocycles. The summed E-state index contributed by atoms with van der Waals surface area (Å²) in [5.41, 5.74) is 1.21. The minimum atomic E-state index is -0.520. The van der Waals surface area contributed by atoms with E-state index in [1.165, 1.54) is 7.11 Å². The number of carbonyl (C=O) groups is 2. The topological polar surface area (TPSA) is 83.1 Å². The summed E-state index contributed by atoms with van der Waals surface area (Å²) in [5, 5.41) is 2.80. The molecule has 1 aromatic rings. The summed E-state index contributed by atoms with van der Waals surface area (Å²) in [5.74, 6) is 0.759. The normalized spacial score (nSPS) is 24.3. The van der Waals surface area contributed by atoms with Crippen LogP contribution in [0.1, 0.15) is 71.1 Å². The van der Waals surface area contributed by atoms with E-state index < -0.39 is 11.7 Å². The van der Waals surface area contributed by atoms with Gasteiger partial charge in [-0.2, -0.15) is 0 Å². The molecule has 1 N–H and O–H groups in total. The van der Waals surface area contributed by atoms with Gasteiger partial charge in [-0.1, -0.05) is 6.07 Å². The number of nitrogens with one attached hydrogen (secondary N) is 1. The van der Waals surface area contributed by atoms with Crippen molar-refractivity contribution in [2.45, 2.75) is 83.7 Å². The zero-order chi connectivity index (χ0) is 22.8. The highest BCUT2D eigenvalue weighted by Crippen LogP contribution is 2.51. The average molecular weight is 434 g/mol. The highest BCUT2D eigenvalue weighted by Gasteiger charge is 2.47. The van der Waals surface area contributed by atoms with Gasteiger partial charge in [0, 0.05) is 18.0 Å². The molecule has 3 atom stereocenters. The minimum absolute atomic E-state index is 0.138. The Morgan fingerprint density at radius 1 is 1.23 bits per heavy atom. The standard InChI is InChI=1S/C24H35NO6/c1-23(2,3)31-22(27)25-12-11-15-7-10-19-17(13-15)21-18(24(4,5)30-19)9-8-16(29-21)14-20(26)28-6/h7,10,13,16,18,21H,8-9,11-12,14H2,1-6H3,(H,25,27)/t16-,18+,21-/m0/s1. The molecule has 172 valence electrons. The molecule has 0 unspecified atom stereocenters. The van der Waals surface area contributed by atoms with E-state index >= 15 is 0 Å². The number of hydrogen-bond acceptors (Lipinski definition) is 6. The molecule has 1 saturated heterocycles. The van der Waals surface area contributed by atoms with Gasteiger partial charge in [0.05, 0.1) is 25.7 Å². The number of rotatable bonds is 5. The van der Waals surface area contributed by atoms with Crippen LogP contribution in [-0.4, -0.2) is 43.0 Å². The van der Waals surface area contributed by atoms with Crippen LogP contribution in [0.25, 0.3) is 0 Å². The molecule has 3 rings (SSSR count). The SMILES string of the molecule is COC(=O)C[C@@H]1CC[C@@H]2[C@@H](O1)c1cc(CCNC(=O)OC(C)(C)C)ccc1OC2(C)C. The fraction of sp³-hybridized carbons (Fsp3) is 0.667. The first kappa shape index (κ1) is 23.4. The van der Waals surface area contributed by atoms with Gasteiger partial charge in [0.2, 0.25) is 0 Å². The van der Waals surface area contributed by atoms with Crippen molar-refractivity contribution in [3.8, 4) is 5.75 Å². The van der Waals surface area contributed by atoms with E-state index in [1.807, 2.05) is 32.9 Å². The molecule has 1 fully saturated rings. The second-order valence-electron chi connectivity index (χ2n) is 9.90. The van der Waals surface area contributed by atoms with Crippen molar-refractivity contribution in [3.05, 3.63) is 29.3 Å². The Bertz CT molecular complexity index is 813. The van der Waals surface area contributed by atoms with Crippen molar-refractivity contribution >= 4 is 12.1 Å². The molecule has 0 saturated carbocycles. The van der Waals surface area contributed by atoms with E-state index in [4.69, 9.17) is 18.9 Å². The van der Waals surface area contributed by atoms with Crippen LogP contribution in [0.5, 0.6) is 5.75 Å². The Morgan fingerprint density at radius 3 is 2.65 bits per heavy atom. The number of ether oxygens (including phenoxy) is 4. The fourth-order valence-corrected chi connectivity index (χ4v) is 4.36. The lowest BCUT2D eigenvalue weighted by molar-refractivity contribution is -0.164. The van der Waals surface area contributed by atoms with Crippen molar-refractivity contribution < 1.29 is 28.5 Å². The Kier molecular flexibility index (Phi) is 6.84. The second kappa shape index (κ2) is 9.07. The molecule has 0 radical (unpaired) electrons. The molecule has 1 amide bonds. The van der Waals surface area contributed by atoms with Gasteiger partial charge in [0.1, 0.15) is 17.0 Å². The number of fused-ring (bicyclic) bond motifs is 3. The monoisotopic (exact) mass is 433 g/mol. The molecule has 0 spiro atoms. The van der Waals surface area contributed by atoms with E-state index in [1.54, 1.807) is 0 Å². The number of methoxy groups -OCH3 is 1. The van der Waals surface area contributed by atoms with Crippen molar-refractivity contribution in [3.63, 3.8) is 0 Å². The highest BCUT2D eigenvalue weighted by molar-refractivity contribution is 5.69. The first-order chi connectivity index (χ1) is 14.5. The van der Waals surface area contributed by atoms with Crippen LogP contribution in [0.3, 0.4) is 0 Å². The zero-order valence-electron chi connectivity index (χ0n) is 19.4. The van der Waals surface area contributed by atoms with Gasteiger partial charge in [-0.15, -0.1) is 0 Å². The molecule has 2 aliphatic rings. The third-order valence-electron chi connectivity index (χ3n) is 5.85. The molecule has 7 heteroatoms. The van der Waals surface area contributed by atoms with Gasteiger partial charge in [0.25, 0.3) is 0 Å². The van der Waals surface area contributed by atoms with Crippen molar-refractivity contribution in [1.29, 1.82) is 0 Å². The summed E-state index contributed by atoms with van der Waals surface area (Å²) < 4.78 is 22.8. The summed E-state index contributed by atoms with van der Waals surface area (Å²) in [7, 11) is 1.40. The summed E-state index contributed by atoms with van der Waals surface area (Å²) >= 11 is 0. The molecule has 2 heterocycles. The predicted octanol–water partition coefficient (Wildman–Crippen LogP) is 4.32. The van der Waals surface area contributed by atoms with Gasteiger partial charge in [-0.25, -0.2) is 4.79 Å². The third kappa shape index (κ3) is 5.91. The lowest BCUT2D eigenvalue weighted by Gasteiger charge is -2.48. The molecule has 2 aliphatic heterocycles. The molecular formula is C24H35NO6. The van der Waals surface area contributed by atoms with Gasteiger partial charge >= 0.3 is 12.1 Å². The molecular weight excluding hydrogens is 398 g/mol. The Hall–Kier alpha value is -2.28. The van der Waals surface area contributed by atoms with E-state index in [-0.39, 0.29) is 36.1 Å². The van der Waals surface area contributed by atoms with Gasteiger partial charge in [-0.3, -0.25) is 4.79 Å². The number of carbonyl (C=O) groups excluding carboxylic acids is 2. The van der Waals surface area contributed by atoms with Crippen LogP contribution in [0.15, 0.2) is 18.2 Å². The van der Waals surface area contributed by atoms with Crippen LogP contribution >= 0.6 is 0 Å². The van der Waals surface area contributed by atoms with Crippen LogP contribution in [0.4, 0.5) is 4.79 Å². The minimum Gasteiger partial charge on any atom is -0.487 e. The van der Waals surface area contributed by atoms with Crippen LogP contribution in [-0.2, 0) is 25.4 Å². The first-order valence-electron chi connectivity index (χ1n) is 11.0. The van der Waals surface area contributed by atoms with Gasteiger partial charge in [-0.05, 0) is 71.6 Å². The Morgan fingerprint density at radius 2 is 1.97 bits per heavy atom.